The van der Waals surface area contributed by atoms with E-state index in [1.54, 1.807) is 12.1 Å². The van der Waals surface area contributed by atoms with Crippen LogP contribution in [0.5, 0.6) is 0 Å². The Bertz CT molecular complexity index is 586. The first kappa shape index (κ1) is 14.4. The maximum atomic E-state index is 11.5. The summed E-state index contributed by atoms with van der Waals surface area (Å²) in [5, 5.41) is 13.0. The molecular weight excluding hydrogens is 274 g/mol. The van der Waals surface area contributed by atoms with Gasteiger partial charge in [-0.2, -0.15) is 0 Å². The SMILES string of the molecule is CC(c1ccccc1)C(Nc1ccccc1Cl)C(=O)O. The van der Waals surface area contributed by atoms with Crippen molar-refractivity contribution in [2.75, 3.05) is 5.32 Å². The van der Waals surface area contributed by atoms with Crippen LogP contribution in [0.15, 0.2) is 54.6 Å². The lowest BCUT2D eigenvalue weighted by atomic mass is 9.93. The summed E-state index contributed by atoms with van der Waals surface area (Å²) in [5.74, 6) is -1.08. The van der Waals surface area contributed by atoms with Crippen LogP contribution in [-0.4, -0.2) is 17.1 Å². The molecule has 2 N–H and O–H groups in total. The van der Waals surface area contributed by atoms with Gasteiger partial charge in [0, 0.05) is 5.92 Å². The number of hydrogen-bond acceptors (Lipinski definition) is 2. The van der Waals surface area contributed by atoms with Crippen LogP contribution in [0.4, 0.5) is 5.69 Å². The van der Waals surface area contributed by atoms with Crippen molar-refractivity contribution in [1.82, 2.24) is 0 Å². The van der Waals surface area contributed by atoms with Gasteiger partial charge in [-0.3, -0.25) is 0 Å². The Morgan fingerprint density at radius 2 is 1.70 bits per heavy atom. The fraction of sp³-hybridized carbons (Fsp3) is 0.188. The normalized spacial score (nSPS) is 13.5. The molecule has 0 saturated carbocycles. The van der Waals surface area contributed by atoms with Gasteiger partial charge in [-0.15, -0.1) is 0 Å². The van der Waals surface area contributed by atoms with E-state index in [0.717, 1.165) is 5.56 Å². The maximum Gasteiger partial charge on any atom is 0.326 e. The number of nitrogens with one attached hydrogen (secondary N) is 1. The number of carbonyl (C=O) groups is 1. The topological polar surface area (TPSA) is 49.3 Å². The minimum absolute atomic E-state index is 0.176. The molecule has 0 spiro atoms. The van der Waals surface area contributed by atoms with Crippen LogP contribution in [-0.2, 0) is 4.79 Å². The van der Waals surface area contributed by atoms with Crippen LogP contribution in [0, 0.1) is 0 Å². The molecule has 2 aromatic carbocycles. The van der Waals surface area contributed by atoms with E-state index in [0.29, 0.717) is 10.7 Å². The predicted octanol–water partition coefficient (Wildman–Crippen LogP) is 4.01. The molecule has 0 aliphatic rings. The Morgan fingerprint density at radius 1 is 1.10 bits per heavy atom. The third kappa shape index (κ3) is 3.31. The molecule has 0 saturated heterocycles. The highest BCUT2D eigenvalue weighted by Gasteiger charge is 2.26. The van der Waals surface area contributed by atoms with Gasteiger partial charge in [0.1, 0.15) is 6.04 Å². The summed E-state index contributed by atoms with van der Waals surface area (Å²) >= 11 is 6.07. The quantitative estimate of drug-likeness (QED) is 0.874. The number of hydrogen-bond donors (Lipinski definition) is 2. The molecule has 0 aromatic heterocycles. The second kappa shape index (κ2) is 6.44. The molecule has 2 unspecified atom stereocenters. The van der Waals surface area contributed by atoms with Crippen LogP contribution in [0.2, 0.25) is 5.02 Å². The van der Waals surface area contributed by atoms with Crippen LogP contribution in [0.1, 0.15) is 18.4 Å². The molecule has 2 atom stereocenters. The number of rotatable bonds is 5. The van der Waals surface area contributed by atoms with Crippen molar-refractivity contribution in [3.63, 3.8) is 0 Å². The predicted molar refractivity (Wildman–Crippen MR) is 81.4 cm³/mol. The zero-order valence-corrected chi connectivity index (χ0v) is 11.8. The largest absolute Gasteiger partial charge is 0.480 e. The number of anilines is 1. The molecule has 0 aliphatic carbocycles. The smallest absolute Gasteiger partial charge is 0.326 e. The van der Waals surface area contributed by atoms with Crippen molar-refractivity contribution in [2.45, 2.75) is 18.9 Å². The van der Waals surface area contributed by atoms with E-state index in [-0.39, 0.29) is 5.92 Å². The number of carboxylic acid groups (broad SMARTS) is 1. The summed E-state index contributed by atoms with van der Waals surface area (Å²) in [4.78, 5) is 11.5. The zero-order valence-electron chi connectivity index (χ0n) is 11.1. The second-order valence-corrected chi connectivity index (χ2v) is 5.05. The summed E-state index contributed by atoms with van der Waals surface area (Å²) in [5.41, 5.74) is 1.60. The average molecular weight is 290 g/mol. The van der Waals surface area contributed by atoms with E-state index < -0.39 is 12.0 Å². The van der Waals surface area contributed by atoms with Crippen molar-refractivity contribution in [2.24, 2.45) is 0 Å². The monoisotopic (exact) mass is 289 g/mol. The van der Waals surface area contributed by atoms with Gasteiger partial charge in [-0.1, -0.05) is 61.0 Å². The molecule has 2 rings (SSSR count). The van der Waals surface area contributed by atoms with Gasteiger partial charge < -0.3 is 10.4 Å². The van der Waals surface area contributed by atoms with Crippen molar-refractivity contribution in [3.8, 4) is 0 Å². The molecule has 4 heteroatoms. The molecule has 0 amide bonds. The van der Waals surface area contributed by atoms with Crippen molar-refractivity contribution in [1.29, 1.82) is 0 Å². The molecule has 0 fully saturated rings. The van der Waals surface area contributed by atoms with Gasteiger partial charge >= 0.3 is 5.97 Å². The lowest BCUT2D eigenvalue weighted by molar-refractivity contribution is -0.138. The van der Waals surface area contributed by atoms with Gasteiger partial charge in [0.25, 0.3) is 0 Å². The third-order valence-corrected chi connectivity index (χ3v) is 3.61. The molecule has 0 radical (unpaired) electrons. The van der Waals surface area contributed by atoms with Gasteiger partial charge in [-0.25, -0.2) is 4.79 Å². The highest BCUT2D eigenvalue weighted by Crippen LogP contribution is 2.26. The summed E-state index contributed by atoms with van der Waals surface area (Å²) in [6, 6.07) is 16.0. The van der Waals surface area contributed by atoms with E-state index in [1.165, 1.54) is 0 Å². The third-order valence-electron chi connectivity index (χ3n) is 3.28. The summed E-state index contributed by atoms with van der Waals surface area (Å²) in [7, 11) is 0. The first-order chi connectivity index (χ1) is 9.59. The van der Waals surface area contributed by atoms with Crippen molar-refractivity contribution in [3.05, 3.63) is 65.2 Å². The Morgan fingerprint density at radius 3 is 2.30 bits per heavy atom. The standard InChI is InChI=1S/C16H16ClNO2/c1-11(12-7-3-2-4-8-12)15(16(19)20)18-14-10-6-5-9-13(14)17/h2-11,15,18H,1H3,(H,19,20). The van der Waals surface area contributed by atoms with E-state index in [2.05, 4.69) is 5.32 Å². The number of para-hydroxylation sites is 1. The minimum Gasteiger partial charge on any atom is -0.480 e. The van der Waals surface area contributed by atoms with Crippen LogP contribution >= 0.6 is 11.6 Å². The van der Waals surface area contributed by atoms with E-state index in [9.17, 15) is 9.90 Å². The lowest BCUT2D eigenvalue weighted by Gasteiger charge is -2.23. The fourth-order valence-corrected chi connectivity index (χ4v) is 2.29. The van der Waals surface area contributed by atoms with Gasteiger partial charge in [0.05, 0.1) is 10.7 Å². The Labute approximate surface area is 123 Å². The highest BCUT2D eigenvalue weighted by molar-refractivity contribution is 6.33. The first-order valence-electron chi connectivity index (χ1n) is 6.38. The van der Waals surface area contributed by atoms with E-state index in [1.807, 2.05) is 49.4 Å². The molecule has 2 aromatic rings. The molecule has 0 bridgehead atoms. The maximum absolute atomic E-state index is 11.5. The Balaban J connectivity index is 2.24. The van der Waals surface area contributed by atoms with E-state index >= 15 is 0 Å². The van der Waals surface area contributed by atoms with Crippen LogP contribution in [0.3, 0.4) is 0 Å². The minimum atomic E-state index is -0.902. The van der Waals surface area contributed by atoms with Crippen molar-refractivity contribution < 1.29 is 9.90 Å². The zero-order chi connectivity index (χ0) is 14.5. The number of aliphatic carboxylic acids is 1. The molecule has 20 heavy (non-hydrogen) atoms. The van der Waals surface area contributed by atoms with Gasteiger partial charge in [-0.05, 0) is 17.7 Å². The summed E-state index contributed by atoms with van der Waals surface area (Å²) in [6.07, 6.45) is 0. The molecular formula is C16H16ClNO2. The molecule has 0 heterocycles. The number of carboxylic acids is 1. The lowest BCUT2D eigenvalue weighted by Crippen LogP contribution is -2.34. The molecule has 3 nitrogen and oxygen atoms in total. The van der Waals surface area contributed by atoms with Crippen LogP contribution in [0.25, 0.3) is 0 Å². The van der Waals surface area contributed by atoms with Crippen molar-refractivity contribution >= 4 is 23.3 Å². The number of halogens is 1. The Hall–Kier alpha value is -2.00. The molecule has 104 valence electrons. The van der Waals surface area contributed by atoms with Gasteiger partial charge in [0.15, 0.2) is 0 Å². The first-order valence-corrected chi connectivity index (χ1v) is 6.76. The second-order valence-electron chi connectivity index (χ2n) is 4.64. The molecule has 0 aliphatic heterocycles. The summed E-state index contributed by atoms with van der Waals surface area (Å²) in [6.45, 7) is 1.89. The number of benzene rings is 2. The Kier molecular flexibility index (Phi) is 4.64. The highest BCUT2D eigenvalue weighted by atomic mass is 35.5. The van der Waals surface area contributed by atoms with Gasteiger partial charge in [0.2, 0.25) is 0 Å². The van der Waals surface area contributed by atoms with E-state index in [4.69, 9.17) is 11.6 Å². The van der Waals surface area contributed by atoms with Crippen LogP contribution < -0.4 is 5.32 Å². The summed E-state index contributed by atoms with van der Waals surface area (Å²) < 4.78 is 0. The average Bonchev–Trinajstić information content (AvgIpc) is 2.46. The fourth-order valence-electron chi connectivity index (χ4n) is 2.10.